The number of hydrogen-bond donors (Lipinski definition) is 0. The van der Waals surface area contributed by atoms with E-state index in [2.05, 4.69) is 61.9 Å². The second-order valence-electron chi connectivity index (χ2n) is 8.30. The number of unbranched alkanes of at least 4 members (excludes halogenated alkanes) is 1. The van der Waals surface area contributed by atoms with Crippen molar-refractivity contribution in [2.45, 2.75) is 76.7 Å². The lowest BCUT2D eigenvalue weighted by molar-refractivity contribution is -0.120. The third kappa shape index (κ3) is 4.95. The minimum Gasteiger partial charge on any atom is -0.297 e. The molecule has 2 nitrogen and oxygen atoms in total. The van der Waals surface area contributed by atoms with Gasteiger partial charge in [-0.05, 0) is 59.1 Å². The average Bonchev–Trinajstić information content (AvgIpc) is 3.34. The normalized spacial score (nSPS) is 19.9. The summed E-state index contributed by atoms with van der Waals surface area (Å²) in [5, 5.41) is 4.35. The van der Waals surface area contributed by atoms with Crippen molar-refractivity contribution in [2.24, 2.45) is 4.99 Å². The minimum absolute atomic E-state index is 0.0110. The topological polar surface area (TPSA) is 29.4 Å². The Morgan fingerprint density at radius 2 is 2.00 bits per heavy atom. The Kier molecular flexibility index (Phi) is 6.64. The zero-order valence-electron chi connectivity index (χ0n) is 16.8. The van der Waals surface area contributed by atoms with Gasteiger partial charge < -0.3 is 0 Å². The Morgan fingerprint density at radius 3 is 2.67 bits per heavy atom. The van der Waals surface area contributed by atoms with Crippen molar-refractivity contribution in [3.05, 3.63) is 58.3 Å². The van der Waals surface area contributed by atoms with Crippen LogP contribution in [0.5, 0.6) is 0 Å². The van der Waals surface area contributed by atoms with E-state index in [1.807, 2.05) is 6.07 Å². The van der Waals surface area contributed by atoms with Crippen molar-refractivity contribution in [2.75, 3.05) is 0 Å². The number of benzene rings is 1. The summed E-state index contributed by atoms with van der Waals surface area (Å²) in [7, 11) is 0. The molecule has 2 atom stereocenters. The molecule has 27 heavy (non-hydrogen) atoms. The van der Waals surface area contributed by atoms with E-state index >= 15 is 0 Å². The molecule has 0 aliphatic carbocycles. The summed E-state index contributed by atoms with van der Waals surface area (Å²) in [4.78, 5) is 17.9. The maximum Gasteiger partial charge on any atom is 0.157 e. The molecule has 0 saturated heterocycles. The zero-order chi connectivity index (χ0) is 19.3. The van der Waals surface area contributed by atoms with E-state index in [1.54, 1.807) is 11.3 Å². The second kappa shape index (κ2) is 8.97. The van der Waals surface area contributed by atoms with Crippen molar-refractivity contribution in [1.29, 1.82) is 0 Å². The van der Waals surface area contributed by atoms with Crippen LogP contribution in [0.4, 0.5) is 0 Å². The highest BCUT2D eigenvalue weighted by molar-refractivity contribution is 7.08. The van der Waals surface area contributed by atoms with E-state index in [9.17, 15) is 4.79 Å². The van der Waals surface area contributed by atoms with Gasteiger partial charge >= 0.3 is 0 Å². The van der Waals surface area contributed by atoms with Crippen molar-refractivity contribution >= 4 is 22.8 Å². The predicted molar refractivity (Wildman–Crippen MR) is 116 cm³/mol. The maximum atomic E-state index is 13.0. The number of carbonyl (C=O) groups is 1. The van der Waals surface area contributed by atoms with Gasteiger partial charge in [0, 0.05) is 18.1 Å². The fourth-order valence-electron chi connectivity index (χ4n) is 3.94. The van der Waals surface area contributed by atoms with Crippen LogP contribution in [0.2, 0.25) is 0 Å². The molecular formula is C24H31NOS. The van der Waals surface area contributed by atoms with E-state index in [-0.39, 0.29) is 11.5 Å². The van der Waals surface area contributed by atoms with Crippen LogP contribution in [-0.2, 0) is 10.2 Å². The van der Waals surface area contributed by atoms with Crippen LogP contribution in [0.15, 0.2) is 52.2 Å². The summed E-state index contributed by atoms with van der Waals surface area (Å²) < 4.78 is 0. The highest BCUT2D eigenvalue weighted by Gasteiger charge is 2.33. The standard InChI is InChI=1S/C24H31NOS/c1-4-5-11-21-20(18-13-15-27-17-18)16-22(25-21)23(26)12-14-24(2,3)19-9-7-6-8-10-19/h6-10,13,15,17,20,22H,4-5,11-12,14,16H2,1-3H3. The predicted octanol–water partition coefficient (Wildman–Crippen LogP) is 6.56. The van der Waals surface area contributed by atoms with E-state index in [4.69, 9.17) is 4.99 Å². The molecule has 0 N–H and O–H groups in total. The first-order valence-corrected chi connectivity index (χ1v) is 11.1. The van der Waals surface area contributed by atoms with Crippen molar-refractivity contribution in [3.8, 4) is 0 Å². The number of thiophene rings is 1. The molecule has 3 heteroatoms. The molecule has 0 spiro atoms. The Morgan fingerprint density at radius 1 is 1.22 bits per heavy atom. The molecule has 1 aliphatic heterocycles. The first-order chi connectivity index (χ1) is 13.0. The van der Waals surface area contributed by atoms with Gasteiger partial charge in [-0.1, -0.05) is 57.5 Å². The van der Waals surface area contributed by atoms with Crippen LogP contribution in [0, 0.1) is 0 Å². The molecule has 0 radical (unpaired) electrons. The molecular weight excluding hydrogens is 350 g/mol. The first-order valence-electron chi connectivity index (χ1n) is 10.2. The number of hydrogen-bond acceptors (Lipinski definition) is 3. The number of nitrogens with zero attached hydrogens (tertiary/aromatic N) is 1. The van der Waals surface area contributed by atoms with Gasteiger partial charge in [0.25, 0.3) is 0 Å². The number of rotatable bonds is 9. The fourth-order valence-corrected chi connectivity index (χ4v) is 4.65. The van der Waals surface area contributed by atoms with Crippen LogP contribution in [0.3, 0.4) is 0 Å². The Balaban J connectivity index is 1.65. The van der Waals surface area contributed by atoms with Crippen LogP contribution in [-0.4, -0.2) is 17.5 Å². The van der Waals surface area contributed by atoms with Gasteiger partial charge in [0.2, 0.25) is 0 Å². The third-order valence-electron chi connectivity index (χ3n) is 5.84. The van der Waals surface area contributed by atoms with E-state index in [1.165, 1.54) is 23.3 Å². The summed E-state index contributed by atoms with van der Waals surface area (Å²) in [5.41, 5.74) is 3.90. The number of aliphatic imine (C=N–C) groups is 1. The lowest BCUT2D eigenvalue weighted by Crippen LogP contribution is -2.23. The van der Waals surface area contributed by atoms with Crippen LogP contribution in [0.25, 0.3) is 0 Å². The Labute approximate surface area is 167 Å². The summed E-state index contributed by atoms with van der Waals surface area (Å²) in [5.74, 6) is 0.657. The van der Waals surface area contributed by atoms with Crippen molar-refractivity contribution in [1.82, 2.24) is 0 Å². The molecule has 144 valence electrons. The summed E-state index contributed by atoms with van der Waals surface area (Å²) >= 11 is 1.73. The van der Waals surface area contributed by atoms with Crippen LogP contribution >= 0.6 is 11.3 Å². The second-order valence-corrected chi connectivity index (χ2v) is 9.08. The Bertz CT molecular complexity index is 761. The van der Waals surface area contributed by atoms with Crippen LogP contribution < -0.4 is 0 Å². The van der Waals surface area contributed by atoms with Gasteiger partial charge in [-0.2, -0.15) is 11.3 Å². The van der Waals surface area contributed by atoms with E-state index < -0.39 is 0 Å². The molecule has 0 saturated carbocycles. The van der Waals surface area contributed by atoms with Crippen LogP contribution in [0.1, 0.15) is 76.3 Å². The zero-order valence-corrected chi connectivity index (χ0v) is 17.6. The molecule has 1 aromatic heterocycles. The summed E-state index contributed by atoms with van der Waals surface area (Å²) in [6, 6.07) is 12.6. The van der Waals surface area contributed by atoms with Gasteiger partial charge in [0.05, 0.1) is 0 Å². The number of Topliss-reactive ketones (excluding diaryl/α,β-unsaturated/α-hetero) is 1. The van der Waals surface area contributed by atoms with Crippen molar-refractivity contribution in [3.63, 3.8) is 0 Å². The lowest BCUT2D eigenvalue weighted by Gasteiger charge is -2.25. The number of carbonyl (C=O) groups excluding carboxylic acids is 1. The smallest absolute Gasteiger partial charge is 0.157 e. The van der Waals surface area contributed by atoms with Gasteiger partial charge in [-0.15, -0.1) is 0 Å². The molecule has 0 amide bonds. The molecule has 1 aromatic carbocycles. The largest absolute Gasteiger partial charge is 0.297 e. The fraction of sp³-hybridized carbons (Fsp3) is 0.500. The highest BCUT2D eigenvalue weighted by atomic mass is 32.1. The summed E-state index contributed by atoms with van der Waals surface area (Å²) in [6.07, 6.45) is 5.68. The van der Waals surface area contributed by atoms with E-state index in [0.717, 1.165) is 25.7 Å². The summed E-state index contributed by atoms with van der Waals surface area (Å²) in [6.45, 7) is 6.67. The quantitative estimate of drug-likeness (QED) is 0.483. The first kappa shape index (κ1) is 20.0. The van der Waals surface area contributed by atoms with Crippen molar-refractivity contribution < 1.29 is 4.79 Å². The lowest BCUT2D eigenvalue weighted by atomic mass is 9.79. The van der Waals surface area contributed by atoms with E-state index in [0.29, 0.717) is 18.1 Å². The molecule has 2 unspecified atom stereocenters. The molecule has 1 aliphatic rings. The SMILES string of the molecule is CCCCC1=NC(C(=O)CCC(C)(C)c2ccccc2)CC1c1ccsc1. The monoisotopic (exact) mass is 381 g/mol. The molecule has 0 fully saturated rings. The molecule has 2 heterocycles. The van der Waals surface area contributed by atoms with Gasteiger partial charge in [-0.3, -0.25) is 9.79 Å². The Hall–Kier alpha value is -1.74. The van der Waals surface area contributed by atoms with Gasteiger partial charge in [0.15, 0.2) is 5.78 Å². The maximum absolute atomic E-state index is 13.0. The third-order valence-corrected chi connectivity index (χ3v) is 6.54. The molecule has 0 bridgehead atoms. The highest BCUT2D eigenvalue weighted by Crippen LogP contribution is 2.35. The molecule has 3 rings (SSSR count). The van der Waals surface area contributed by atoms with Gasteiger partial charge in [0.1, 0.15) is 6.04 Å². The average molecular weight is 382 g/mol. The number of ketones is 1. The minimum atomic E-state index is -0.145. The van der Waals surface area contributed by atoms with Gasteiger partial charge in [-0.25, -0.2) is 0 Å². The molecule has 2 aromatic rings.